The van der Waals surface area contributed by atoms with Crippen molar-refractivity contribution in [1.29, 1.82) is 0 Å². The first-order valence-corrected chi connectivity index (χ1v) is 9.92. The van der Waals surface area contributed by atoms with Crippen LogP contribution in [-0.4, -0.2) is 22.0 Å². The van der Waals surface area contributed by atoms with Gasteiger partial charge in [0, 0.05) is 17.0 Å². The summed E-state index contributed by atoms with van der Waals surface area (Å²) in [6, 6.07) is 6.22. The molecular formula is C21H25N3O2S. The second-order valence-electron chi connectivity index (χ2n) is 7.39. The molecule has 5 nitrogen and oxygen atoms in total. The largest absolute Gasteiger partial charge is 0.354 e. The van der Waals surface area contributed by atoms with Crippen molar-refractivity contribution >= 4 is 27.5 Å². The van der Waals surface area contributed by atoms with E-state index in [0.29, 0.717) is 22.7 Å². The molecule has 27 heavy (non-hydrogen) atoms. The SMILES string of the molecule is Cc1ccc(-c2c(C)sc3ncn(CC(=O)NCC(C)C)c(=O)c23)cc1C. The Bertz CT molecular complexity index is 1060. The average molecular weight is 384 g/mol. The van der Waals surface area contributed by atoms with E-state index in [0.717, 1.165) is 16.0 Å². The monoisotopic (exact) mass is 383 g/mol. The summed E-state index contributed by atoms with van der Waals surface area (Å²) in [4.78, 5) is 31.5. The molecule has 0 aliphatic heterocycles. The summed E-state index contributed by atoms with van der Waals surface area (Å²) in [6.07, 6.45) is 1.47. The van der Waals surface area contributed by atoms with E-state index in [1.54, 1.807) is 0 Å². The normalized spacial score (nSPS) is 11.3. The molecule has 0 spiro atoms. The van der Waals surface area contributed by atoms with Crippen molar-refractivity contribution < 1.29 is 4.79 Å². The minimum absolute atomic E-state index is 0.0181. The number of nitrogens with zero attached hydrogens (tertiary/aromatic N) is 2. The molecule has 1 N–H and O–H groups in total. The number of nitrogens with one attached hydrogen (secondary N) is 1. The van der Waals surface area contributed by atoms with Gasteiger partial charge < -0.3 is 5.32 Å². The smallest absolute Gasteiger partial charge is 0.263 e. The Kier molecular flexibility index (Phi) is 5.46. The van der Waals surface area contributed by atoms with Crippen LogP contribution in [0.25, 0.3) is 21.3 Å². The van der Waals surface area contributed by atoms with E-state index in [2.05, 4.69) is 36.3 Å². The summed E-state index contributed by atoms with van der Waals surface area (Å²) in [5, 5.41) is 3.44. The van der Waals surface area contributed by atoms with Crippen LogP contribution < -0.4 is 10.9 Å². The fourth-order valence-electron chi connectivity index (χ4n) is 3.02. The summed E-state index contributed by atoms with van der Waals surface area (Å²) in [5.74, 6) is 0.189. The Morgan fingerprint density at radius 3 is 2.63 bits per heavy atom. The molecule has 2 aromatic heterocycles. The predicted octanol–water partition coefficient (Wildman–Crippen LogP) is 3.82. The van der Waals surface area contributed by atoms with Gasteiger partial charge in [0.25, 0.3) is 5.56 Å². The van der Waals surface area contributed by atoms with Crippen molar-refractivity contribution in [2.24, 2.45) is 5.92 Å². The van der Waals surface area contributed by atoms with Crippen LogP contribution in [0.15, 0.2) is 29.3 Å². The van der Waals surface area contributed by atoms with Crippen molar-refractivity contribution in [3.8, 4) is 11.1 Å². The summed E-state index contributed by atoms with van der Waals surface area (Å²) in [7, 11) is 0. The van der Waals surface area contributed by atoms with Crippen molar-refractivity contribution in [2.75, 3.05) is 6.54 Å². The van der Waals surface area contributed by atoms with Crippen molar-refractivity contribution in [2.45, 2.75) is 41.2 Å². The number of fused-ring (bicyclic) bond motifs is 1. The number of benzene rings is 1. The number of thiophene rings is 1. The molecule has 0 aliphatic rings. The van der Waals surface area contributed by atoms with Crippen molar-refractivity contribution in [3.63, 3.8) is 0 Å². The van der Waals surface area contributed by atoms with Crippen LogP contribution in [0, 0.1) is 26.7 Å². The molecule has 142 valence electrons. The molecule has 0 aliphatic carbocycles. The van der Waals surface area contributed by atoms with E-state index in [9.17, 15) is 9.59 Å². The number of aromatic nitrogens is 2. The third-order valence-corrected chi connectivity index (χ3v) is 5.69. The molecule has 1 aromatic carbocycles. The van der Waals surface area contributed by atoms with E-state index in [4.69, 9.17) is 0 Å². The highest BCUT2D eigenvalue weighted by Gasteiger charge is 2.18. The number of carbonyl (C=O) groups excluding carboxylic acids is 1. The zero-order chi connectivity index (χ0) is 19.7. The first-order valence-electron chi connectivity index (χ1n) is 9.10. The number of carbonyl (C=O) groups is 1. The summed E-state index contributed by atoms with van der Waals surface area (Å²) < 4.78 is 1.40. The molecule has 0 bridgehead atoms. The lowest BCUT2D eigenvalue weighted by molar-refractivity contribution is -0.121. The summed E-state index contributed by atoms with van der Waals surface area (Å²) >= 11 is 1.51. The highest BCUT2D eigenvalue weighted by atomic mass is 32.1. The van der Waals surface area contributed by atoms with Crippen LogP contribution in [0.1, 0.15) is 29.9 Å². The third-order valence-electron chi connectivity index (χ3n) is 4.67. The van der Waals surface area contributed by atoms with Crippen LogP contribution in [0.4, 0.5) is 0 Å². The highest BCUT2D eigenvalue weighted by Crippen LogP contribution is 2.36. The zero-order valence-electron chi connectivity index (χ0n) is 16.4. The average Bonchev–Trinajstić information content (AvgIpc) is 2.95. The standard InChI is InChI=1S/C21H25N3O2S/c1-12(2)9-22-17(25)10-24-11-23-20-19(21(24)26)18(15(5)27-20)16-7-6-13(3)14(4)8-16/h6-8,11-12H,9-10H2,1-5H3,(H,22,25). The van der Waals surface area contributed by atoms with E-state index in [1.807, 2.05) is 26.8 Å². The van der Waals surface area contributed by atoms with Gasteiger partial charge in [-0.3, -0.25) is 14.2 Å². The van der Waals surface area contributed by atoms with Gasteiger partial charge >= 0.3 is 0 Å². The Balaban J connectivity index is 2.06. The molecule has 3 aromatic rings. The maximum atomic E-state index is 13.1. The van der Waals surface area contributed by atoms with Crippen LogP contribution in [0.5, 0.6) is 0 Å². The quantitative estimate of drug-likeness (QED) is 0.728. The van der Waals surface area contributed by atoms with Gasteiger partial charge in [-0.2, -0.15) is 0 Å². The molecule has 0 unspecified atom stereocenters. The molecule has 3 rings (SSSR count). The van der Waals surface area contributed by atoms with Gasteiger partial charge in [0.15, 0.2) is 0 Å². The minimum Gasteiger partial charge on any atom is -0.354 e. The minimum atomic E-state index is -0.174. The van der Waals surface area contributed by atoms with Gasteiger partial charge in [-0.15, -0.1) is 11.3 Å². The van der Waals surface area contributed by atoms with Crippen LogP contribution in [0.2, 0.25) is 0 Å². The van der Waals surface area contributed by atoms with Gasteiger partial charge in [0.05, 0.1) is 11.7 Å². The zero-order valence-corrected chi connectivity index (χ0v) is 17.2. The van der Waals surface area contributed by atoms with Gasteiger partial charge in [-0.05, 0) is 43.4 Å². The first-order chi connectivity index (χ1) is 12.8. The van der Waals surface area contributed by atoms with Crippen LogP contribution in [0.3, 0.4) is 0 Å². The fourth-order valence-corrected chi connectivity index (χ4v) is 4.03. The van der Waals surface area contributed by atoms with Gasteiger partial charge in [0.1, 0.15) is 11.4 Å². The Morgan fingerprint density at radius 2 is 1.96 bits per heavy atom. The fraction of sp³-hybridized carbons (Fsp3) is 0.381. The van der Waals surface area contributed by atoms with E-state index in [1.165, 1.54) is 33.4 Å². The molecular weight excluding hydrogens is 358 g/mol. The van der Waals surface area contributed by atoms with E-state index < -0.39 is 0 Å². The molecule has 0 saturated heterocycles. The third kappa shape index (κ3) is 3.95. The molecule has 0 saturated carbocycles. The topological polar surface area (TPSA) is 64.0 Å². The lowest BCUT2D eigenvalue weighted by Crippen LogP contribution is -2.34. The molecule has 2 heterocycles. The van der Waals surface area contributed by atoms with Crippen molar-refractivity contribution in [3.05, 3.63) is 50.9 Å². The Morgan fingerprint density at radius 1 is 1.22 bits per heavy atom. The maximum Gasteiger partial charge on any atom is 0.263 e. The number of hydrogen-bond donors (Lipinski definition) is 1. The van der Waals surface area contributed by atoms with Crippen LogP contribution >= 0.6 is 11.3 Å². The second kappa shape index (κ2) is 7.64. The second-order valence-corrected chi connectivity index (χ2v) is 8.59. The van der Waals surface area contributed by atoms with E-state index in [-0.39, 0.29) is 18.0 Å². The number of rotatable bonds is 5. The summed E-state index contributed by atoms with van der Waals surface area (Å²) in [5.41, 5.74) is 4.17. The van der Waals surface area contributed by atoms with Gasteiger partial charge in [0.2, 0.25) is 5.91 Å². The molecule has 6 heteroatoms. The predicted molar refractivity (Wildman–Crippen MR) is 111 cm³/mol. The van der Waals surface area contributed by atoms with Gasteiger partial charge in [-0.1, -0.05) is 32.0 Å². The van der Waals surface area contributed by atoms with Crippen LogP contribution in [-0.2, 0) is 11.3 Å². The maximum absolute atomic E-state index is 13.1. The Hall–Kier alpha value is -2.47. The van der Waals surface area contributed by atoms with E-state index >= 15 is 0 Å². The lowest BCUT2D eigenvalue weighted by Gasteiger charge is -2.10. The molecule has 1 amide bonds. The first kappa shape index (κ1) is 19.3. The van der Waals surface area contributed by atoms with Gasteiger partial charge in [-0.25, -0.2) is 4.98 Å². The summed E-state index contributed by atoms with van der Waals surface area (Å²) in [6.45, 7) is 10.8. The number of hydrogen-bond acceptors (Lipinski definition) is 4. The molecule has 0 fully saturated rings. The highest BCUT2D eigenvalue weighted by molar-refractivity contribution is 7.19. The molecule has 0 radical (unpaired) electrons. The number of amides is 1. The lowest BCUT2D eigenvalue weighted by atomic mass is 9.99. The molecule has 0 atom stereocenters. The Labute approximate surface area is 163 Å². The number of aryl methyl sites for hydroxylation is 3. The van der Waals surface area contributed by atoms with Crippen molar-refractivity contribution in [1.82, 2.24) is 14.9 Å².